The highest BCUT2D eigenvalue weighted by atomic mass is 79.9. The first kappa shape index (κ1) is 12.5. The summed E-state index contributed by atoms with van der Waals surface area (Å²) >= 11 is 10.7. The Morgan fingerprint density at radius 1 is 1.64 bits per heavy atom. The molecule has 2 unspecified atom stereocenters. The van der Waals surface area contributed by atoms with Gasteiger partial charge < -0.3 is 5.11 Å². The third-order valence-corrected chi connectivity index (χ3v) is 4.78. The molecule has 1 nitrogen and oxygen atoms in total. The summed E-state index contributed by atoms with van der Waals surface area (Å²) in [4.78, 5) is 0.947. The summed E-state index contributed by atoms with van der Waals surface area (Å²) in [5.41, 5.74) is 0. The van der Waals surface area contributed by atoms with Crippen molar-refractivity contribution in [1.29, 1.82) is 0 Å². The number of halogens is 2. The van der Waals surface area contributed by atoms with Gasteiger partial charge in [-0.3, -0.25) is 0 Å². The fourth-order valence-electron chi connectivity index (χ4n) is 1.40. The van der Waals surface area contributed by atoms with Crippen LogP contribution in [-0.2, 0) is 0 Å². The van der Waals surface area contributed by atoms with Gasteiger partial charge in [-0.1, -0.05) is 31.9 Å². The van der Waals surface area contributed by atoms with E-state index in [2.05, 4.69) is 29.8 Å². The van der Waals surface area contributed by atoms with E-state index in [-0.39, 0.29) is 6.10 Å². The van der Waals surface area contributed by atoms with E-state index in [0.717, 1.165) is 22.2 Å². The molecule has 0 aromatic carbocycles. The fraction of sp³-hybridized carbons (Fsp3) is 0.600. The van der Waals surface area contributed by atoms with Crippen molar-refractivity contribution in [2.45, 2.75) is 32.8 Å². The first-order chi connectivity index (χ1) is 6.56. The average molecular weight is 298 g/mol. The Kier molecular flexibility index (Phi) is 4.91. The molecule has 0 aliphatic carbocycles. The van der Waals surface area contributed by atoms with Crippen LogP contribution in [0.3, 0.4) is 0 Å². The number of hydrogen-bond donors (Lipinski definition) is 1. The molecule has 1 heterocycles. The van der Waals surface area contributed by atoms with Gasteiger partial charge in [0.2, 0.25) is 0 Å². The van der Waals surface area contributed by atoms with Crippen LogP contribution >= 0.6 is 38.9 Å². The van der Waals surface area contributed by atoms with E-state index in [0.29, 0.717) is 10.3 Å². The molecule has 1 N–H and O–H groups in total. The summed E-state index contributed by atoms with van der Waals surface area (Å²) in [7, 11) is 0. The minimum atomic E-state index is -0.385. The third-order valence-electron chi connectivity index (χ3n) is 2.24. The van der Waals surface area contributed by atoms with Crippen LogP contribution in [0, 0.1) is 5.92 Å². The first-order valence-corrected chi connectivity index (χ1v) is 6.67. The third kappa shape index (κ3) is 2.96. The molecule has 1 aromatic rings. The lowest BCUT2D eigenvalue weighted by atomic mass is 9.98. The molecule has 0 spiro atoms. The lowest BCUT2D eigenvalue weighted by Gasteiger charge is -2.16. The second-order valence-corrected chi connectivity index (χ2v) is 6.02. The van der Waals surface area contributed by atoms with E-state index < -0.39 is 0 Å². The zero-order valence-electron chi connectivity index (χ0n) is 8.26. The van der Waals surface area contributed by atoms with E-state index in [9.17, 15) is 5.11 Å². The van der Waals surface area contributed by atoms with Crippen molar-refractivity contribution in [3.63, 3.8) is 0 Å². The Morgan fingerprint density at radius 3 is 2.71 bits per heavy atom. The summed E-state index contributed by atoms with van der Waals surface area (Å²) in [5.74, 6) is 0.293. The minimum Gasteiger partial charge on any atom is -0.387 e. The van der Waals surface area contributed by atoms with E-state index in [4.69, 9.17) is 11.6 Å². The maximum Gasteiger partial charge on any atom is 0.107 e. The largest absolute Gasteiger partial charge is 0.387 e. The van der Waals surface area contributed by atoms with E-state index >= 15 is 0 Å². The molecule has 0 saturated heterocycles. The minimum absolute atomic E-state index is 0.293. The maximum absolute atomic E-state index is 9.99. The van der Waals surface area contributed by atoms with Crippen molar-refractivity contribution in [2.75, 3.05) is 0 Å². The zero-order valence-corrected chi connectivity index (χ0v) is 11.4. The highest BCUT2D eigenvalue weighted by Gasteiger charge is 2.18. The first-order valence-electron chi connectivity index (χ1n) is 4.69. The Labute approximate surface area is 102 Å². The molecule has 0 saturated carbocycles. The van der Waals surface area contributed by atoms with Crippen molar-refractivity contribution in [3.05, 3.63) is 19.8 Å². The van der Waals surface area contributed by atoms with Crippen molar-refractivity contribution in [1.82, 2.24) is 0 Å². The summed E-state index contributed by atoms with van der Waals surface area (Å²) < 4.78 is 1.59. The van der Waals surface area contributed by atoms with Crippen LogP contribution in [0.1, 0.15) is 37.7 Å². The highest BCUT2D eigenvalue weighted by Crippen LogP contribution is 2.38. The van der Waals surface area contributed by atoms with Crippen molar-refractivity contribution >= 4 is 38.9 Å². The molecule has 0 aliphatic heterocycles. The smallest absolute Gasteiger partial charge is 0.107 e. The van der Waals surface area contributed by atoms with Crippen LogP contribution in [0.2, 0.25) is 4.34 Å². The van der Waals surface area contributed by atoms with Gasteiger partial charge in [-0.25, -0.2) is 0 Å². The molecule has 0 radical (unpaired) electrons. The van der Waals surface area contributed by atoms with E-state index in [1.54, 1.807) is 0 Å². The number of hydrogen-bond acceptors (Lipinski definition) is 2. The molecule has 0 aliphatic rings. The van der Waals surface area contributed by atoms with Crippen LogP contribution in [0.25, 0.3) is 0 Å². The quantitative estimate of drug-likeness (QED) is 0.859. The van der Waals surface area contributed by atoms with Crippen molar-refractivity contribution < 1.29 is 5.11 Å². The molecule has 0 bridgehead atoms. The van der Waals surface area contributed by atoms with Crippen LogP contribution in [0.15, 0.2) is 10.5 Å². The van der Waals surface area contributed by atoms with Gasteiger partial charge in [-0.2, -0.15) is 0 Å². The SMILES string of the molecule is CCCC(C)C(O)c1cc(Br)c(Cl)s1. The molecular formula is C10H14BrClOS. The summed E-state index contributed by atoms with van der Waals surface area (Å²) in [5, 5.41) is 9.99. The maximum atomic E-state index is 9.99. The normalized spacial score (nSPS) is 15.5. The highest BCUT2D eigenvalue weighted by molar-refractivity contribution is 9.10. The van der Waals surface area contributed by atoms with Gasteiger partial charge in [-0.15, -0.1) is 11.3 Å². The molecule has 1 rings (SSSR count). The van der Waals surface area contributed by atoms with E-state index in [1.807, 2.05) is 6.07 Å². The van der Waals surface area contributed by atoms with Crippen LogP contribution < -0.4 is 0 Å². The second-order valence-electron chi connectivity index (χ2n) is 3.48. The molecule has 4 heteroatoms. The Hall–Kier alpha value is 0.430. The lowest BCUT2D eigenvalue weighted by Crippen LogP contribution is -2.07. The number of aliphatic hydroxyl groups is 1. The van der Waals surface area contributed by atoms with E-state index in [1.165, 1.54) is 11.3 Å². The number of rotatable bonds is 4. The molecule has 80 valence electrons. The predicted molar refractivity (Wildman–Crippen MR) is 66.1 cm³/mol. The van der Waals surface area contributed by atoms with Gasteiger partial charge in [0.05, 0.1) is 6.10 Å². The Morgan fingerprint density at radius 2 is 2.29 bits per heavy atom. The van der Waals surface area contributed by atoms with Crippen LogP contribution in [0.4, 0.5) is 0 Å². The molecule has 2 atom stereocenters. The second kappa shape index (κ2) is 5.50. The molecule has 14 heavy (non-hydrogen) atoms. The molecular weight excluding hydrogens is 284 g/mol. The topological polar surface area (TPSA) is 20.2 Å². The number of aliphatic hydroxyl groups excluding tert-OH is 1. The van der Waals surface area contributed by atoms with Crippen LogP contribution in [-0.4, -0.2) is 5.11 Å². The van der Waals surface area contributed by atoms with Gasteiger partial charge in [0.25, 0.3) is 0 Å². The standard InChI is InChI=1S/C10H14BrClOS/c1-3-4-6(2)9(13)8-5-7(11)10(12)14-8/h5-6,9,13H,3-4H2,1-2H3. The Bertz CT molecular complexity index is 281. The summed E-state index contributed by atoms with van der Waals surface area (Å²) in [6, 6.07) is 1.91. The fourth-order valence-corrected chi connectivity index (χ4v) is 3.26. The zero-order chi connectivity index (χ0) is 10.7. The lowest BCUT2D eigenvalue weighted by molar-refractivity contribution is 0.116. The van der Waals surface area contributed by atoms with Gasteiger partial charge in [0, 0.05) is 9.35 Å². The molecule has 0 fully saturated rings. The summed E-state index contributed by atoms with van der Waals surface area (Å²) in [6.07, 6.45) is 1.75. The summed E-state index contributed by atoms with van der Waals surface area (Å²) in [6.45, 7) is 4.19. The van der Waals surface area contributed by atoms with Gasteiger partial charge in [-0.05, 0) is 34.3 Å². The average Bonchev–Trinajstić information content (AvgIpc) is 2.46. The monoisotopic (exact) mass is 296 g/mol. The van der Waals surface area contributed by atoms with Gasteiger partial charge in [0.1, 0.15) is 4.34 Å². The number of thiophene rings is 1. The van der Waals surface area contributed by atoms with Crippen molar-refractivity contribution in [3.8, 4) is 0 Å². The van der Waals surface area contributed by atoms with Gasteiger partial charge >= 0.3 is 0 Å². The molecule has 1 aromatic heterocycles. The Balaban J connectivity index is 2.73. The van der Waals surface area contributed by atoms with Crippen molar-refractivity contribution in [2.24, 2.45) is 5.92 Å². The van der Waals surface area contributed by atoms with Crippen LogP contribution in [0.5, 0.6) is 0 Å². The van der Waals surface area contributed by atoms with Gasteiger partial charge in [0.15, 0.2) is 0 Å². The predicted octanol–water partition coefficient (Wildman–Crippen LogP) is 4.63. The molecule has 0 amide bonds.